The maximum Gasteiger partial charge on any atom is 0.230 e. The van der Waals surface area contributed by atoms with E-state index in [2.05, 4.69) is 24.1 Å². The van der Waals surface area contributed by atoms with Crippen LogP contribution in [0.5, 0.6) is 0 Å². The molecule has 0 atom stereocenters. The zero-order valence-corrected chi connectivity index (χ0v) is 17.8. The van der Waals surface area contributed by atoms with Gasteiger partial charge < -0.3 is 5.32 Å². The summed E-state index contributed by atoms with van der Waals surface area (Å²) in [6.45, 7) is 4.17. The van der Waals surface area contributed by atoms with Crippen LogP contribution >= 0.6 is 23.1 Å². The zero-order chi connectivity index (χ0) is 20.8. The second-order valence-corrected chi connectivity index (χ2v) is 8.87. The Balaban J connectivity index is 1.54. The van der Waals surface area contributed by atoms with Crippen LogP contribution in [0, 0.1) is 5.82 Å². The summed E-state index contributed by atoms with van der Waals surface area (Å²) in [6.07, 6.45) is 0.176. The number of aromatic nitrogens is 1. The Morgan fingerprint density at radius 3 is 2.59 bits per heavy atom. The summed E-state index contributed by atoms with van der Waals surface area (Å²) in [5, 5.41) is 4.79. The third kappa shape index (κ3) is 5.98. The van der Waals surface area contributed by atoms with Gasteiger partial charge in [0.25, 0.3) is 0 Å². The van der Waals surface area contributed by atoms with Crippen LogP contribution in [-0.4, -0.2) is 22.4 Å². The van der Waals surface area contributed by atoms with Crippen molar-refractivity contribution < 1.29 is 14.0 Å². The van der Waals surface area contributed by atoms with Gasteiger partial charge in [-0.25, -0.2) is 9.37 Å². The minimum atomic E-state index is -0.368. The van der Waals surface area contributed by atoms with Gasteiger partial charge in [0.2, 0.25) is 5.91 Å². The Morgan fingerprint density at radius 2 is 1.86 bits per heavy atom. The first kappa shape index (κ1) is 21.2. The van der Waals surface area contributed by atoms with Gasteiger partial charge in [-0.2, -0.15) is 0 Å². The Morgan fingerprint density at radius 1 is 1.14 bits per heavy atom. The molecular formula is C22H21FN2O2S2. The number of amides is 1. The number of rotatable bonds is 8. The second-order valence-electron chi connectivity index (χ2n) is 6.79. The minimum absolute atomic E-state index is 0.0882. The third-order valence-corrected chi connectivity index (χ3v) is 6.29. The Bertz CT molecular complexity index is 1000. The van der Waals surface area contributed by atoms with Gasteiger partial charge in [-0.05, 0) is 41.8 Å². The molecule has 3 aromatic rings. The van der Waals surface area contributed by atoms with Crippen LogP contribution in [0.1, 0.15) is 41.4 Å². The van der Waals surface area contributed by atoms with Crippen LogP contribution in [0.25, 0.3) is 0 Å². The molecule has 0 aliphatic carbocycles. The lowest BCUT2D eigenvalue weighted by atomic mass is 10.0. The molecule has 150 valence electrons. The van der Waals surface area contributed by atoms with E-state index in [-0.39, 0.29) is 29.7 Å². The molecular weight excluding hydrogens is 407 g/mol. The average Bonchev–Trinajstić information content (AvgIpc) is 3.14. The first-order valence-electron chi connectivity index (χ1n) is 9.17. The molecule has 7 heteroatoms. The van der Waals surface area contributed by atoms with Gasteiger partial charge in [-0.1, -0.05) is 43.8 Å². The Hall–Kier alpha value is -2.51. The number of halogens is 1. The van der Waals surface area contributed by atoms with Gasteiger partial charge in [0.1, 0.15) is 5.82 Å². The van der Waals surface area contributed by atoms with Crippen molar-refractivity contribution in [2.75, 3.05) is 11.1 Å². The lowest BCUT2D eigenvalue weighted by Crippen LogP contribution is -2.16. The quantitative estimate of drug-likeness (QED) is 0.377. The predicted octanol–water partition coefficient (Wildman–Crippen LogP) is 5.56. The van der Waals surface area contributed by atoms with E-state index in [1.54, 1.807) is 0 Å². The largest absolute Gasteiger partial charge is 0.325 e. The van der Waals surface area contributed by atoms with Gasteiger partial charge in [0, 0.05) is 16.6 Å². The van der Waals surface area contributed by atoms with E-state index in [9.17, 15) is 14.0 Å². The van der Waals surface area contributed by atoms with Crippen molar-refractivity contribution in [3.63, 3.8) is 0 Å². The zero-order valence-electron chi connectivity index (χ0n) is 16.1. The molecule has 29 heavy (non-hydrogen) atoms. The van der Waals surface area contributed by atoms with Gasteiger partial charge >= 0.3 is 0 Å². The fourth-order valence-electron chi connectivity index (χ4n) is 2.76. The summed E-state index contributed by atoms with van der Waals surface area (Å²) >= 11 is 2.72. The number of benzene rings is 2. The summed E-state index contributed by atoms with van der Waals surface area (Å²) < 4.78 is 13.7. The second kappa shape index (κ2) is 9.80. The van der Waals surface area contributed by atoms with E-state index in [1.165, 1.54) is 47.4 Å². The van der Waals surface area contributed by atoms with Crippen LogP contribution in [0.4, 0.5) is 10.1 Å². The van der Waals surface area contributed by atoms with Crippen molar-refractivity contribution in [3.05, 3.63) is 76.5 Å². The van der Waals surface area contributed by atoms with Crippen LogP contribution < -0.4 is 5.32 Å². The molecule has 1 aromatic heterocycles. The molecule has 3 rings (SSSR count). The number of carbonyl (C=O) groups is 2. The molecule has 1 heterocycles. The standard InChI is InChI=1S/C22H21FN2O2S2/c1-14(2)18-5-3-4-6-19(18)25-21(27)11-17-12-28-22(24-17)29-13-20(26)15-7-9-16(23)10-8-15/h3-10,12,14H,11,13H2,1-2H3,(H,25,27). The molecule has 0 aliphatic rings. The van der Waals surface area contributed by atoms with E-state index in [1.807, 2.05) is 29.6 Å². The van der Waals surface area contributed by atoms with E-state index in [4.69, 9.17) is 0 Å². The highest BCUT2D eigenvalue weighted by Gasteiger charge is 2.13. The Kier molecular flexibility index (Phi) is 7.17. The third-order valence-electron chi connectivity index (χ3n) is 4.22. The summed E-state index contributed by atoms with van der Waals surface area (Å²) in [4.78, 5) is 29.0. The number of nitrogens with zero attached hydrogens (tertiary/aromatic N) is 1. The molecule has 1 amide bonds. The van der Waals surface area contributed by atoms with E-state index in [0.29, 0.717) is 17.2 Å². The molecule has 1 N–H and O–H groups in total. The van der Waals surface area contributed by atoms with Crippen LogP contribution in [0.2, 0.25) is 0 Å². The predicted molar refractivity (Wildman–Crippen MR) is 116 cm³/mol. The van der Waals surface area contributed by atoms with Crippen molar-refractivity contribution in [3.8, 4) is 0 Å². The van der Waals surface area contributed by atoms with Crippen LogP contribution in [-0.2, 0) is 11.2 Å². The average molecular weight is 429 g/mol. The maximum atomic E-state index is 12.9. The summed E-state index contributed by atoms with van der Waals surface area (Å²) in [5.41, 5.74) is 3.06. The number of nitrogens with one attached hydrogen (secondary N) is 1. The molecule has 0 aliphatic heterocycles. The molecule has 0 saturated heterocycles. The number of thiazole rings is 1. The summed E-state index contributed by atoms with van der Waals surface area (Å²) in [6, 6.07) is 13.3. The highest BCUT2D eigenvalue weighted by atomic mass is 32.2. The van der Waals surface area contributed by atoms with Crippen molar-refractivity contribution in [2.24, 2.45) is 0 Å². The number of ketones is 1. The SMILES string of the molecule is CC(C)c1ccccc1NC(=O)Cc1csc(SCC(=O)c2ccc(F)cc2)n1. The van der Waals surface area contributed by atoms with E-state index < -0.39 is 0 Å². The van der Waals surface area contributed by atoms with Gasteiger partial charge in [0.15, 0.2) is 10.1 Å². The van der Waals surface area contributed by atoms with Gasteiger partial charge in [-0.15, -0.1) is 11.3 Å². The number of hydrogen-bond donors (Lipinski definition) is 1. The number of thioether (sulfide) groups is 1. The molecule has 0 unspecified atom stereocenters. The number of hydrogen-bond acceptors (Lipinski definition) is 5. The van der Waals surface area contributed by atoms with E-state index >= 15 is 0 Å². The van der Waals surface area contributed by atoms with Crippen molar-refractivity contribution in [2.45, 2.75) is 30.5 Å². The van der Waals surface area contributed by atoms with E-state index in [0.717, 1.165) is 15.6 Å². The highest BCUT2D eigenvalue weighted by Crippen LogP contribution is 2.26. The van der Waals surface area contributed by atoms with Crippen LogP contribution in [0.3, 0.4) is 0 Å². The van der Waals surface area contributed by atoms with Crippen molar-refractivity contribution >= 4 is 40.5 Å². The number of para-hydroxylation sites is 1. The molecule has 0 radical (unpaired) electrons. The highest BCUT2D eigenvalue weighted by molar-refractivity contribution is 8.01. The number of Topliss-reactive ketones (excluding diaryl/α,β-unsaturated/α-hetero) is 1. The number of anilines is 1. The lowest BCUT2D eigenvalue weighted by molar-refractivity contribution is -0.115. The molecule has 0 fully saturated rings. The summed E-state index contributed by atoms with van der Waals surface area (Å²) in [5.74, 6) is -0.0513. The number of carbonyl (C=O) groups excluding carboxylic acids is 2. The van der Waals surface area contributed by atoms with Crippen molar-refractivity contribution in [1.82, 2.24) is 4.98 Å². The lowest BCUT2D eigenvalue weighted by Gasteiger charge is -2.13. The fourth-order valence-corrected chi connectivity index (χ4v) is 4.49. The van der Waals surface area contributed by atoms with Crippen molar-refractivity contribution in [1.29, 1.82) is 0 Å². The van der Waals surface area contributed by atoms with Gasteiger partial charge in [0.05, 0.1) is 17.9 Å². The monoisotopic (exact) mass is 428 g/mol. The topological polar surface area (TPSA) is 59.1 Å². The first-order chi connectivity index (χ1) is 13.9. The first-order valence-corrected chi connectivity index (χ1v) is 11.0. The Labute approximate surface area is 177 Å². The maximum absolute atomic E-state index is 12.9. The fraction of sp³-hybridized carbons (Fsp3) is 0.227. The van der Waals surface area contributed by atoms with Gasteiger partial charge in [-0.3, -0.25) is 9.59 Å². The molecule has 4 nitrogen and oxygen atoms in total. The minimum Gasteiger partial charge on any atom is -0.325 e. The molecule has 0 saturated carbocycles. The molecule has 0 spiro atoms. The normalized spacial score (nSPS) is 10.9. The van der Waals surface area contributed by atoms with Crippen LogP contribution in [0.15, 0.2) is 58.3 Å². The molecule has 2 aromatic carbocycles. The smallest absolute Gasteiger partial charge is 0.230 e. The molecule has 0 bridgehead atoms. The summed E-state index contributed by atoms with van der Waals surface area (Å²) in [7, 11) is 0.